The van der Waals surface area contributed by atoms with Crippen molar-refractivity contribution in [2.24, 2.45) is 0 Å². The zero-order chi connectivity index (χ0) is 15.7. The third-order valence-corrected chi connectivity index (χ3v) is 3.68. The fraction of sp³-hybridized carbons (Fsp3) is 0.176. The highest BCUT2D eigenvalue weighted by molar-refractivity contribution is 6.19. The lowest BCUT2D eigenvalue weighted by atomic mass is 10.0. The minimum Gasteiger partial charge on any atom is -0.508 e. The predicted octanol–water partition coefficient (Wildman–Crippen LogP) is 2.34. The molecule has 0 aliphatic carbocycles. The number of rotatable bonds is 3. The normalized spacial score (nSPS) is 14.6. The summed E-state index contributed by atoms with van der Waals surface area (Å²) >= 11 is 0. The lowest BCUT2D eigenvalue weighted by molar-refractivity contribution is -0.121. The molecule has 1 aliphatic rings. The van der Waals surface area contributed by atoms with E-state index in [0.717, 1.165) is 5.56 Å². The Balaban J connectivity index is 1.88. The number of carbonyl (C=O) groups excluding carboxylic acids is 2. The molecular weight excluding hydrogens is 282 g/mol. The number of hydrogen-bond donors (Lipinski definition) is 2. The molecule has 0 bridgehead atoms. The summed E-state index contributed by atoms with van der Waals surface area (Å²) in [5.41, 5.74) is 2.09. The van der Waals surface area contributed by atoms with Crippen molar-refractivity contribution < 1.29 is 19.8 Å². The molecule has 0 atom stereocenters. The van der Waals surface area contributed by atoms with Crippen molar-refractivity contribution in [2.75, 3.05) is 4.90 Å². The van der Waals surface area contributed by atoms with Crippen LogP contribution in [0.4, 0.5) is 5.69 Å². The molecule has 0 saturated carbocycles. The molecule has 22 heavy (non-hydrogen) atoms. The van der Waals surface area contributed by atoms with Gasteiger partial charge in [-0.15, -0.1) is 0 Å². The number of amides is 2. The zero-order valence-electron chi connectivity index (χ0n) is 11.8. The minimum atomic E-state index is -0.186. The Bertz CT molecular complexity index is 738. The number of aromatic hydroxyl groups is 2. The molecule has 0 unspecified atom stereocenters. The molecule has 0 spiro atoms. The van der Waals surface area contributed by atoms with Crippen molar-refractivity contribution >= 4 is 17.5 Å². The first-order valence-electron chi connectivity index (χ1n) is 7.00. The van der Waals surface area contributed by atoms with Crippen LogP contribution in [0.25, 0.3) is 0 Å². The third-order valence-electron chi connectivity index (χ3n) is 3.68. The number of benzene rings is 2. The van der Waals surface area contributed by atoms with Crippen LogP contribution in [0.3, 0.4) is 0 Å². The second-order valence-electron chi connectivity index (χ2n) is 5.28. The maximum atomic E-state index is 11.8. The number of nitrogens with zero attached hydrogens (tertiary/aromatic N) is 1. The summed E-state index contributed by atoms with van der Waals surface area (Å²) in [6, 6.07) is 11.6. The predicted molar refractivity (Wildman–Crippen MR) is 80.7 cm³/mol. The highest BCUT2D eigenvalue weighted by Crippen LogP contribution is 2.27. The Morgan fingerprint density at radius 3 is 2.36 bits per heavy atom. The molecule has 1 aliphatic heterocycles. The lowest BCUT2D eigenvalue weighted by Crippen LogP contribution is -2.28. The van der Waals surface area contributed by atoms with Crippen LogP contribution in [0.1, 0.15) is 24.0 Å². The molecule has 5 heteroatoms. The third kappa shape index (κ3) is 2.65. The van der Waals surface area contributed by atoms with E-state index in [-0.39, 0.29) is 36.2 Å². The Morgan fingerprint density at radius 2 is 1.68 bits per heavy atom. The molecule has 1 fully saturated rings. The molecule has 2 N–H and O–H groups in total. The van der Waals surface area contributed by atoms with Crippen LogP contribution < -0.4 is 4.90 Å². The van der Waals surface area contributed by atoms with Gasteiger partial charge in [0.15, 0.2) is 0 Å². The maximum absolute atomic E-state index is 11.8. The van der Waals surface area contributed by atoms with Crippen LogP contribution >= 0.6 is 0 Å². The van der Waals surface area contributed by atoms with Gasteiger partial charge in [-0.3, -0.25) is 14.5 Å². The van der Waals surface area contributed by atoms with E-state index < -0.39 is 0 Å². The molecular formula is C17H15NO4. The summed E-state index contributed by atoms with van der Waals surface area (Å²) in [4.78, 5) is 24.8. The van der Waals surface area contributed by atoms with Crippen molar-refractivity contribution in [3.8, 4) is 11.5 Å². The first kappa shape index (κ1) is 14.1. The molecule has 0 aromatic heterocycles. The fourth-order valence-corrected chi connectivity index (χ4v) is 2.59. The number of anilines is 1. The van der Waals surface area contributed by atoms with E-state index in [9.17, 15) is 19.8 Å². The van der Waals surface area contributed by atoms with E-state index in [0.29, 0.717) is 17.7 Å². The van der Waals surface area contributed by atoms with E-state index >= 15 is 0 Å². The highest BCUT2D eigenvalue weighted by Gasteiger charge is 2.30. The van der Waals surface area contributed by atoms with Gasteiger partial charge < -0.3 is 10.2 Å². The van der Waals surface area contributed by atoms with Crippen molar-refractivity contribution in [2.45, 2.75) is 19.3 Å². The number of phenols is 2. The SMILES string of the molecule is O=C1CCC(=O)N1c1cccc(Cc2ccc(O)cc2O)c1. The van der Waals surface area contributed by atoms with Gasteiger partial charge in [0, 0.05) is 25.3 Å². The molecule has 1 saturated heterocycles. The first-order valence-corrected chi connectivity index (χ1v) is 7.00. The number of hydrogen-bond acceptors (Lipinski definition) is 4. The molecule has 112 valence electrons. The largest absolute Gasteiger partial charge is 0.508 e. The summed E-state index contributed by atoms with van der Waals surface area (Å²) in [6.45, 7) is 0. The van der Waals surface area contributed by atoms with Gasteiger partial charge in [0.2, 0.25) is 11.8 Å². The summed E-state index contributed by atoms with van der Waals surface area (Å²) in [5, 5.41) is 19.1. The second kappa shape index (κ2) is 5.52. The van der Waals surface area contributed by atoms with Crippen molar-refractivity contribution in [1.29, 1.82) is 0 Å². The van der Waals surface area contributed by atoms with E-state index in [1.165, 1.54) is 17.0 Å². The van der Waals surface area contributed by atoms with Gasteiger partial charge in [-0.05, 0) is 29.3 Å². The van der Waals surface area contributed by atoms with Gasteiger partial charge >= 0.3 is 0 Å². The van der Waals surface area contributed by atoms with Gasteiger partial charge in [0.05, 0.1) is 5.69 Å². The van der Waals surface area contributed by atoms with E-state index in [1.54, 1.807) is 24.3 Å². The number of phenolic OH excluding ortho intramolecular Hbond substituents is 2. The van der Waals surface area contributed by atoms with Crippen LogP contribution in [0.15, 0.2) is 42.5 Å². The summed E-state index contributed by atoms with van der Waals surface area (Å²) < 4.78 is 0. The van der Waals surface area contributed by atoms with Crippen LogP contribution in [-0.4, -0.2) is 22.0 Å². The standard InChI is InChI=1S/C17H15NO4/c19-14-5-4-12(15(20)10-14)8-11-2-1-3-13(9-11)18-16(21)6-7-17(18)22/h1-5,9-10,19-20H,6-8H2. The zero-order valence-corrected chi connectivity index (χ0v) is 11.8. The van der Waals surface area contributed by atoms with Crippen molar-refractivity contribution in [3.63, 3.8) is 0 Å². The van der Waals surface area contributed by atoms with Gasteiger partial charge in [0.1, 0.15) is 11.5 Å². The summed E-state index contributed by atoms with van der Waals surface area (Å²) in [7, 11) is 0. The Morgan fingerprint density at radius 1 is 0.955 bits per heavy atom. The summed E-state index contributed by atoms with van der Waals surface area (Å²) in [6.07, 6.45) is 0.944. The molecule has 3 rings (SSSR count). The quantitative estimate of drug-likeness (QED) is 0.852. The van der Waals surface area contributed by atoms with Crippen LogP contribution in [0.2, 0.25) is 0 Å². The molecule has 2 amide bonds. The molecule has 1 heterocycles. The maximum Gasteiger partial charge on any atom is 0.234 e. The van der Waals surface area contributed by atoms with E-state index in [1.807, 2.05) is 6.07 Å². The van der Waals surface area contributed by atoms with E-state index in [4.69, 9.17) is 0 Å². The summed E-state index contributed by atoms with van der Waals surface area (Å²) in [5.74, 6) is -0.355. The topological polar surface area (TPSA) is 77.8 Å². The average molecular weight is 297 g/mol. The monoisotopic (exact) mass is 297 g/mol. The van der Waals surface area contributed by atoms with Crippen LogP contribution in [-0.2, 0) is 16.0 Å². The van der Waals surface area contributed by atoms with Crippen LogP contribution in [0, 0.1) is 0 Å². The molecule has 0 radical (unpaired) electrons. The Kier molecular flexibility index (Phi) is 3.55. The fourth-order valence-electron chi connectivity index (χ4n) is 2.59. The molecule has 5 nitrogen and oxygen atoms in total. The van der Waals surface area contributed by atoms with E-state index in [2.05, 4.69) is 0 Å². The van der Waals surface area contributed by atoms with Crippen molar-refractivity contribution in [1.82, 2.24) is 0 Å². The lowest BCUT2D eigenvalue weighted by Gasteiger charge is -2.15. The van der Waals surface area contributed by atoms with Gasteiger partial charge in [-0.2, -0.15) is 0 Å². The highest BCUT2D eigenvalue weighted by atomic mass is 16.3. The Hall–Kier alpha value is -2.82. The van der Waals surface area contributed by atoms with Gasteiger partial charge in [-0.25, -0.2) is 0 Å². The molecule has 2 aromatic rings. The molecule has 2 aromatic carbocycles. The number of carbonyl (C=O) groups is 2. The Labute approximate surface area is 127 Å². The minimum absolute atomic E-state index is 0.00302. The first-order chi connectivity index (χ1) is 10.5. The van der Waals surface area contributed by atoms with Crippen molar-refractivity contribution in [3.05, 3.63) is 53.6 Å². The van der Waals surface area contributed by atoms with Crippen LogP contribution in [0.5, 0.6) is 11.5 Å². The number of imide groups is 1. The second-order valence-corrected chi connectivity index (χ2v) is 5.28. The average Bonchev–Trinajstić information content (AvgIpc) is 2.81. The smallest absolute Gasteiger partial charge is 0.234 e. The van der Waals surface area contributed by atoms with Gasteiger partial charge in [-0.1, -0.05) is 18.2 Å². The van der Waals surface area contributed by atoms with Gasteiger partial charge in [0.25, 0.3) is 0 Å².